The predicted molar refractivity (Wildman–Crippen MR) is 77.1 cm³/mol. The van der Waals surface area contributed by atoms with Gasteiger partial charge in [-0.05, 0) is 31.6 Å². The van der Waals surface area contributed by atoms with Crippen molar-refractivity contribution in [2.24, 2.45) is 5.92 Å². The van der Waals surface area contributed by atoms with E-state index < -0.39 is 0 Å². The van der Waals surface area contributed by atoms with Crippen molar-refractivity contribution in [1.29, 1.82) is 0 Å². The van der Waals surface area contributed by atoms with Gasteiger partial charge in [-0.15, -0.1) is 0 Å². The second-order valence-corrected chi connectivity index (χ2v) is 5.40. The Balaban J connectivity index is 2.89. The summed E-state index contributed by atoms with van der Waals surface area (Å²) >= 11 is 5.85. The number of likely N-dealkylation sites (N-methyl/N-ethyl adjacent to an activating group) is 1. The molecule has 1 aromatic heterocycles. The zero-order valence-corrected chi connectivity index (χ0v) is 12.3. The summed E-state index contributed by atoms with van der Waals surface area (Å²) in [5, 5.41) is 0.234. The maximum absolute atomic E-state index is 5.93. The number of nitrogens with zero attached hydrogens (tertiary/aromatic N) is 4. The molecule has 0 fully saturated rings. The highest BCUT2D eigenvalue weighted by atomic mass is 35.5. The minimum atomic E-state index is 0.234. The average molecular weight is 272 g/mol. The van der Waals surface area contributed by atoms with Crippen molar-refractivity contribution in [2.45, 2.75) is 13.8 Å². The molecule has 0 aliphatic heterocycles. The highest BCUT2D eigenvalue weighted by molar-refractivity contribution is 6.28. The molecule has 1 rings (SSSR count). The number of aromatic nitrogens is 2. The van der Waals surface area contributed by atoms with Gasteiger partial charge in [-0.25, -0.2) is 4.98 Å². The molecule has 0 saturated heterocycles. The van der Waals surface area contributed by atoms with Crippen molar-refractivity contribution in [2.75, 3.05) is 44.4 Å². The third-order valence-electron chi connectivity index (χ3n) is 2.47. The summed E-state index contributed by atoms with van der Waals surface area (Å²) in [6, 6.07) is 0. The van der Waals surface area contributed by atoms with E-state index in [9.17, 15) is 0 Å². The lowest BCUT2D eigenvalue weighted by atomic mass is 10.2. The van der Waals surface area contributed by atoms with Crippen LogP contribution in [0.15, 0.2) is 6.20 Å². The van der Waals surface area contributed by atoms with Gasteiger partial charge in [0.25, 0.3) is 0 Å². The standard InChI is InChI=1S/C12H22ClN5/c1-9(2)8-18(6-5-17(3)4)11-10(14)7-15-12(13)16-11/h7,9H,5-6,8,14H2,1-4H3. The van der Waals surface area contributed by atoms with Gasteiger partial charge in [0.15, 0.2) is 5.82 Å². The molecule has 0 saturated carbocycles. The van der Waals surface area contributed by atoms with Crippen LogP contribution in [0.4, 0.5) is 11.5 Å². The van der Waals surface area contributed by atoms with Crippen LogP contribution in [0, 0.1) is 5.92 Å². The number of rotatable bonds is 6. The zero-order valence-electron chi connectivity index (χ0n) is 11.5. The lowest BCUT2D eigenvalue weighted by Gasteiger charge is -2.27. The quantitative estimate of drug-likeness (QED) is 0.799. The Morgan fingerprint density at radius 1 is 1.33 bits per heavy atom. The van der Waals surface area contributed by atoms with E-state index in [4.69, 9.17) is 17.3 Å². The summed E-state index contributed by atoms with van der Waals surface area (Å²) < 4.78 is 0. The summed E-state index contributed by atoms with van der Waals surface area (Å²) in [5.41, 5.74) is 6.50. The number of nitrogens with two attached hydrogens (primary N) is 1. The summed E-state index contributed by atoms with van der Waals surface area (Å²) in [6.07, 6.45) is 1.56. The van der Waals surface area contributed by atoms with Crippen LogP contribution in [0.25, 0.3) is 0 Å². The smallest absolute Gasteiger partial charge is 0.224 e. The fourth-order valence-corrected chi connectivity index (χ4v) is 1.79. The van der Waals surface area contributed by atoms with Crippen molar-refractivity contribution in [1.82, 2.24) is 14.9 Å². The van der Waals surface area contributed by atoms with E-state index in [1.807, 2.05) is 14.1 Å². The second-order valence-electron chi connectivity index (χ2n) is 5.06. The van der Waals surface area contributed by atoms with Crippen molar-refractivity contribution < 1.29 is 0 Å². The van der Waals surface area contributed by atoms with E-state index in [1.165, 1.54) is 0 Å². The maximum Gasteiger partial charge on any atom is 0.224 e. The Labute approximate surface area is 114 Å². The minimum Gasteiger partial charge on any atom is -0.394 e. The van der Waals surface area contributed by atoms with Gasteiger partial charge in [0.1, 0.15) is 0 Å². The molecule has 0 spiro atoms. The zero-order chi connectivity index (χ0) is 13.7. The molecular formula is C12H22ClN5. The lowest BCUT2D eigenvalue weighted by Crippen LogP contribution is -2.35. The number of anilines is 2. The Hall–Kier alpha value is -1.07. The van der Waals surface area contributed by atoms with Gasteiger partial charge in [-0.3, -0.25) is 0 Å². The summed E-state index contributed by atoms with van der Waals surface area (Å²) in [6.45, 7) is 7.03. The summed E-state index contributed by atoms with van der Waals surface area (Å²) in [7, 11) is 4.09. The molecule has 0 bridgehead atoms. The van der Waals surface area contributed by atoms with Crippen molar-refractivity contribution in [3.63, 3.8) is 0 Å². The first-order chi connectivity index (χ1) is 8.40. The van der Waals surface area contributed by atoms with Gasteiger partial charge in [0.05, 0.1) is 11.9 Å². The van der Waals surface area contributed by atoms with Crippen LogP contribution in [-0.4, -0.2) is 48.6 Å². The van der Waals surface area contributed by atoms with Gasteiger partial charge < -0.3 is 15.5 Å². The maximum atomic E-state index is 5.93. The van der Waals surface area contributed by atoms with E-state index in [1.54, 1.807) is 6.20 Å². The number of hydrogen-bond donors (Lipinski definition) is 1. The number of nitrogen functional groups attached to an aromatic ring is 1. The van der Waals surface area contributed by atoms with E-state index in [0.717, 1.165) is 25.5 Å². The topological polar surface area (TPSA) is 58.3 Å². The van der Waals surface area contributed by atoms with Crippen LogP contribution in [0.5, 0.6) is 0 Å². The molecule has 6 heteroatoms. The van der Waals surface area contributed by atoms with Crippen LogP contribution >= 0.6 is 11.6 Å². The normalized spacial score (nSPS) is 11.3. The Kier molecular flexibility index (Phi) is 5.62. The molecular weight excluding hydrogens is 250 g/mol. The fourth-order valence-electron chi connectivity index (χ4n) is 1.66. The Bertz CT molecular complexity index is 381. The molecule has 0 atom stereocenters. The van der Waals surface area contributed by atoms with E-state index in [-0.39, 0.29) is 5.28 Å². The summed E-state index contributed by atoms with van der Waals surface area (Å²) in [5.74, 6) is 1.26. The molecule has 0 radical (unpaired) electrons. The highest BCUT2D eigenvalue weighted by Gasteiger charge is 2.14. The fraction of sp³-hybridized carbons (Fsp3) is 0.667. The van der Waals surface area contributed by atoms with Crippen molar-refractivity contribution in [3.8, 4) is 0 Å². The number of halogens is 1. The third-order valence-corrected chi connectivity index (χ3v) is 2.65. The SMILES string of the molecule is CC(C)CN(CCN(C)C)c1nc(Cl)ncc1N. The van der Waals surface area contributed by atoms with Crippen LogP contribution < -0.4 is 10.6 Å². The molecule has 0 aliphatic rings. The van der Waals surface area contributed by atoms with E-state index in [0.29, 0.717) is 11.6 Å². The van der Waals surface area contributed by atoms with Crippen LogP contribution in [0.2, 0.25) is 5.28 Å². The van der Waals surface area contributed by atoms with E-state index >= 15 is 0 Å². The molecule has 102 valence electrons. The highest BCUT2D eigenvalue weighted by Crippen LogP contribution is 2.21. The molecule has 5 nitrogen and oxygen atoms in total. The summed E-state index contributed by atoms with van der Waals surface area (Å²) in [4.78, 5) is 12.4. The number of hydrogen-bond acceptors (Lipinski definition) is 5. The molecule has 2 N–H and O–H groups in total. The van der Waals surface area contributed by atoms with Crippen molar-refractivity contribution >= 4 is 23.1 Å². The molecule has 0 amide bonds. The molecule has 1 heterocycles. The molecule has 0 aromatic carbocycles. The average Bonchev–Trinajstić information content (AvgIpc) is 2.27. The van der Waals surface area contributed by atoms with Gasteiger partial charge in [-0.1, -0.05) is 13.8 Å². The molecule has 0 aliphatic carbocycles. The van der Waals surface area contributed by atoms with Crippen LogP contribution in [-0.2, 0) is 0 Å². The molecule has 1 aromatic rings. The second kappa shape index (κ2) is 6.75. The monoisotopic (exact) mass is 271 g/mol. The largest absolute Gasteiger partial charge is 0.394 e. The van der Waals surface area contributed by atoms with Crippen molar-refractivity contribution in [3.05, 3.63) is 11.5 Å². The van der Waals surface area contributed by atoms with Gasteiger partial charge >= 0.3 is 0 Å². The minimum absolute atomic E-state index is 0.234. The Morgan fingerprint density at radius 2 is 2.00 bits per heavy atom. The van der Waals surface area contributed by atoms with E-state index in [2.05, 4.69) is 33.6 Å². The third kappa shape index (κ3) is 4.66. The Morgan fingerprint density at radius 3 is 2.56 bits per heavy atom. The predicted octanol–water partition coefficient (Wildman–Crippen LogP) is 1.74. The first kappa shape index (κ1) is 15.0. The van der Waals surface area contributed by atoms with Crippen LogP contribution in [0.1, 0.15) is 13.8 Å². The van der Waals surface area contributed by atoms with Gasteiger partial charge in [0.2, 0.25) is 5.28 Å². The first-order valence-corrected chi connectivity index (χ1v) is 6.45. The first-order valence-electron chi connectivity index (χ1n) is 6.08. The van der Waals surface area contributed by atoms with Gasteiger partial charge in [0, 0.05) is 19.6 Å². The van der Waals surface area contributed by atoms with Crippen LogP contribution in [0.3, 0.4) is 0 Å². The lowest BCUT2D eigenvalue weighted by molar-refractivity contribution is 0.408. The molecule has 0 unspecified atom stereocenters. The van der Waals surface area contributed by atoms with Gasteiger partial charge in [-0.2, -0.15) is 4.98 Å². The molecule has 18 heavy (non-hydrogen) atoms.